The van der Waals surface area contributed by atoms with Crippen molar-refractivity contribution in [1.82, 2.24) is 10.6 Å². The number of aliphatic hydroxyl groups is 27. The maximum absolute atomic E-state index is 12.9. The van der Waals surface area contributed by atoms with E-state index in [0.29, 0.717) is 0 Å². The van der Waals surface area contributed by atoms with Gasteiger partial charge in [-0.05, 0) is 0 Å². The van der Waals surface area contributed by atoms with Crippen molar-refractivity contribution in [2.45, 2.75) is 290 Å². The Bertz CT molecular complexity index is 2710. The maximum atomic E-state index is 12.9. The number of nitrogens with one attached hydrogen (secondary N) is 2. The molecular weight excluding hydrogens is 1460 g/mol. The van der Waals surface area contributed by atoms with E-state index in [2.05, 4.69) is 10.6 Å². The fraction of sp³-hybridized carbons (Fsp3) is 0.966. The van der Waals surface area contributed by atoms with Gasteiger partial charge >= 0.3 is 0 Å². The molecule has 0 aromatic carbocycles. The smallest absolute Gasteiger partial charge is 0.217 e. The van der Waals surface area contributed by atoms with E-state index in [1.54, 1.807) is 0 Å². The van der Waals surface area contributed by atoms with Crippen LogP contribution in [0.25, 0.3) is 0 Å². The molecule has 0 saturated carbocycles. The molecule has 45 atom stereocenters. The summed E-state index contributed by atoms with van der Waals surface area (Å²) in [6, 6.07) is -3.55. The molecule has 0 radical (unpaired) electrons. The lowest BCUT2D eigenvalue weighted by Gasteiger charge is -2.51. The normalized spacial score (nSPS) is 51.2. The highest BCUT2D eigenvalue weighted by Crippen LogP contribution is 2.40. The summed E-state index contributed by atoms with van der Waals surface area (Å²) in [5, 5.41) is 302. The molecule has 9 heterocycles. The number of hydrogen-bond donors (Lipinski definition) is 29. The average Bonchev–Trinajstić information content (AvgIpc) is 0.768. The van der Waals surface area contributed by atoms with E-state index in [4.69, 9.17) is 80.5 Å². The van der Waals surface area contributed by atoms with Crippen LogP contribution in [-0.2, 0) is 90.1 Å². The monoisotopic (exact) mass is 1560 g/mol. The first-order valence-corrected chi connectivity index (χ1v) is 33.7. The fourth-order valence-corrected chi connectivity index (χ4v) is 13.6. The Kier molecular flexibility index (Phi) is 31.1. The lowest BCUT2D eigenvalue weighted by atomic mass is 9.94. The fourth-order valence-electron chi connectivity index (χ4n) is 13.6. The predicted molar refractivity (Wildman–Crippen MR) is 320 cm³/mol. The zero-order valence-corrected chi connectivity index (χ0v) is 56.2. The SMILES string of the molecule is CC(=O)N[C@H]1[C@H](O[C@H]2[C@H](O)[C@@H](NC(C)=O)C(O)O[C@@H]2CO)O[C@H](CO)[C@@H](O[C@@H]2O[C@H](CO[C@H]3O[C@H](CO)[C@@H](O)[C@H](O[C@H]4O[C@H](CO)[C@@H](O)[C@H](O)[C@@H]4O)[C@@H]3O)[C@@H](O)[C@H](O[C@H]3O[C@H](CO)[C@@H](O)[C@H](O)[C@@H]3O[C@H]3O[C@H](CO)[C@@H](O)[C@H](O)[C@@H]3O[C@H]3O[C@H](CO)[C@@H](O)[C@H](O[C@H]4O[C@H](CO)[C@@H](O)[C@H](O)[C@H]4O)[C@@H]3O)[C@@H]2O)[C@@H]1O. The highest BCUT2D eigenvalue weighted by molar-refractivity contribution is 5.73. The molecule has 0 bridgehead atoms. The largest absolute Gasteiger partial charge is 0.394 e. The molecule has 48 heteroatoms. The van der Waals surface area contributed by atoms with Crippen molar-refractivity contribution in [3.63, 3.8) is 0 Å². The van der Waals surface area contributed by atoms with Crippen LogP contribution in [0.4, 0.5) is 0 Å². The highest BCUT2D eigenvalue weighted by atomic mass is 16.8. The molecule has 0 aliphatic carbocycles. The van der Waals surface area contributed by atoms with Gasteiger partial charge in [-0.2, -0.15) is 0 Å². The van der Waals surface area contributed by atoms with Crippen LogP contribution >= 0.6 is 0 Å². The second-order valence-corrected chi connectivity index (χ2v) is 26.7. The topological polar surface area (TPSA) is 761 Å². The summed E-state index contributed by atoms with van der Waals surface area (Å²) in [7, 11) is 0. The van der Waals surface area contributed by atoms with Gasteiger partial charge in [0.2, 0.25) is 11.8 Å². The number of carbonyl (C=O) groups excluding carboxylic acids is 2. The van der Waals surface area contributed by atoms with E-state index < -0.39 is 348 Å². The molecule has 9 saturated heterocycles. The Morgan fingerprint density at radius 1 is 0.245 bits per heavy atom. The Morgan fingerprint density at radius 3 is 0.915 bits per heavy atom. The van der Waals surface area contributed by atoms with Crippen molar-refractivity contribution in [3.05, 3.63) is 0 Å². The van der Waals surface area contributed by atoms with Gasteiger partial charge in [0.05, 0.1) is 59.5 Å². The Balaban J connectivity index is 1.03. The molecule has 2 amide bonds. The molecule has 29 N–H and O–H groups in total. The van der Waals surface area contributed by atoms with Gasteiger partial charge in [-0.15, -0.1) is 0 Å². The lowest BCUT2D eigenvalue weighted by Crippen LogP contribution is -2.70. The van der Waals surface area contributed by atoms with Gasteiger partial charge in [0.15, 0.2) is 56.6 Å². The van der Waals surface area contributed by atoms with E-state index in [0.717, 1.165) is 13.8 Å². The van der Waals surface area contributed by atoms with E-state index >= 15 is 0 Å². The van der Waals surface area contributed by atoms with Gasteiger partial charge in [0.1, 0.15) is 220 Å². The van der Waals surface area contributed by atoms with Gasteiger partial charge in [0, 0.05) is 13.8 Å². The Morgan fingerprint density at radius 2 is 0.509 bits per heavy atom. The van der Waals surface area contributed by atoms with Crippen molar-refractivity contribution in [2.75, 3.05) is 59.5 Å². The number of carbonyl (C=O) groups is 2. The van der Waals surface area contributed by atoms with Gasteiger partial charge in [0.25, 0.3) is 0 Å². The molecule has 9 aliphatic rings. The number of amides is 2. The molecule has 9 aliphatic heterocycles. The van der Waals surface area contributed by atoms with Crippen LogP contribution in [0.3, 0.4) is 0 Å². The number of aliphatic hydroxyl groups excluding tert-OH is 27. The van der Waals surface area contributed by atoms with Crippen LogP contribution in [0.2, 0.25) is 0 Å². The van der Waals surface area contributed by atoms with Gasteiger partial charge < -0.3 is 229 Å². The zero-order valence-electron chi connectivity index (χ0n) is 56.2. The molecule has 48 nitrogen and oxygen atoms in total. The third kappa shape index (κ3) is 18.5. The van der Waals surface area contributed by atoms with Crippen molar-refractivity contribution < 1.29 is 228 Å². The summed E-state index contributed by atoms with van der Waals surface area (Å²) in [6.07, 6.45) is -91.0. The molecule has 616 valence electrons. The standard InChI is InChI=1S/C58H98N2O46/c1-12(69)59-23-32(78)43(20(9-67)91-50(23)89)100-51-24(60-13(2)70)33(79)44(21(10-68)98-51)101-56-42(88)47(31(77)22(99-56)11-90-52-40(86)45(29(75)18(7-65)92-52)102-53-38(84)34(80)25(71)14(3-61)93-53)104-57-49(37(83)28(74)16(5-63)96-57)106-58-48(36(82)27(73)17(6-64)97-58)105-55-41(87)46(30(76)19(8-66)95-55)103-54-39(85)35(81)26(72)15(4-62)94-54/h14-58,61-68,71-89H,3-11H2,1-2H3,(H,59,69)(H,60,70)/t14-,15-,16-,17-,18-,19-,20-,21-,22-,23-,24-,25-,26-,27-,28-,29-,30-,31-,32-,33-,34+,35+,36+,37+,38+,39-,40+,41+,42+,43-,44-,45+,46+,47+,48+,49+,50?,51+,52+,53-,54-,55-,56+,57-,58-/m1/s1. The summed E-state index contributed by atoms with van der Waals surface area (Å²) in [5.74, 6) is -1.72. The minimum Gasteiger partial charge on any atom is -0.394 e. The van der Waals surface area contributed by atoms with E-state index in [9.17, 15) is 147 Å². The minimum atomic E-state index is -2.57. The molecule has 106 heavy (non-hydrogen) atoms. The van der Waals surface area contributed by atoms with Crippen molar-refractivity contribution in [2.24, 2.45) is 0 Å². The van der Waals surface area contributed by atoms with Crippen LogP contribution in [0.5, 0.6) is 0 Å². The van der Waals surface area contributed by atoms with Gasteiger partial charge in [-0.25, -0.2) is 0 Å². The Labute approximate surface area is 598 Å². The van der Waals surface area contributed by atoms with Crippen LogP contribution in [0, 0.1) is 0 Å². The molecule has 9 fully saturated rings. The lowest BCUT2D eigenvalue weighted by molar-refractivity contribution is -0.411. The second-order valence-electron chi connectivity index (χ2n) is 26.7. The first-order valence-electron chi connectivity index (χ1n) is 33.7. The molecule has 0 spiro atoms. The molecule has 0 aromatic rings. The molecular formula is C58H98N2O46. The van der Waals surface area contributed by atoms with E-state index in [1.165, 1.54) is 0 Å². The molecule has 9 rings (SSSR count). The minimum absolute atomic E-state index is 0.782. The summed E-state index contributed by atoms with van der Waals surface area (Å²) < 4.78 is 98.7. The number of rotatable bonds is 27. The van der Waals surface area contributed by atoms with E-state index in [-0.39, 0.29) is 0 Å². The number of ether oxygens (including phenoxy) is 17. The van der Waals surface area contributed by atoms with Crippen LogP contribution in [-0.4, -0.2) is 485 Å². The van der Waals surface area contributed by atoms with Crippen LogP contribution < -0.4 is 10.6 Å². The number of hydrogen-bond acceptors (Lipinski definition) is 46. The summed E-state index contributed by atoms with van der Waals surface area (Å²) in [5.41, 5.74) is 0. The quantitative estimate of drug-likeness (QED) is 0.0363. The predicted octanol–water partition coefficient (Wildman–Crippen LogP) is -20.3. The van der Waals surface area contributed by atoms with Crippen molar-refractivity contribution in [3.8, 4) is 0 Å². The van der Waals surface area contributed by atoms with E-state index in [1.807, 2.05) is 0 Å². The van der Waals surface area contributed by atoms with Crippen LogP contribution in [0.15, 0.2) is 0 Å². The average molecular weight is 1560 g/mol. The van der Waals surface area contributed by atoms with Crippen molar-refractivity contribution in [1.29, 1.82) is 0 Å². The van der Waals surface area contributed by atoms with Crippen LogP contribution in [0.1, 0.15) is 13.8 Å². The molecule has 0 aromatic heterocycles. The summed E-state index contributed by atoms with van der Waals surface area (Å²) >= 11 is 0. The van der Waals surface area contributed by atoms with Gasteiger partial charge in [-0.3, -0.25) is 9.59 Å². The first-order chi connectivity index (χ1) is 50.2. The molecule has 1 unspecified atom stereocenters. The summed E-state index contributed by atoms with van der Waals surface area (Å²) in [4.78, 5) is 25.0. The third-order valence-corrected chi connectivity index (χ3v) is 19.6. The van der Waals surface area contributed by atoms with Crippen molar-refractivity contribution >= 4 is 11.8 Å². The first kappa shape index (κ1) is 87.2. The summed E-state index contributed by atoms with van der Waals surface area (Å²) in [6.45, 7) is -7.87. The highest BCUT2D eigenvalue weighted by Gasteiger charge is 2.61. The third-order valence-electron chi connectivity index (χ3n) is 19.6. The second kappa shape index (κ2) is 37.9. The maximum Gasteiger partial charge on any atom is 0.217 e. The Hall–Kier alpha value is -2.82. The zero-order chi connectivity index (χ0) is 77.9. The van der Waals surface area contributed by atoms with Gasteiger partial charge in [-0.1, -0.05) is 0 Å².